The first-order valence-corrected chi connectivity index (χ1v) is 8.85. The van der Waals surface area contributed by atoms with Gasteiger partial charge < -0.3 is 14.6 Å². The summed E-state index contributed by atoms with van der Waals surface area (Å²) in [5.41, 5.74) is 3.98. The quantitative estimate of drug-likeness (QED) is 0.932. The molecule has 2 bridgehead atoms. The van der Waals surface area contributed by atoms with Crippen LogP contribution in [-0.2, 0) is 11.8 Å². The molecule has 0 saturated carbocycles. The zero-order chi connectivity index (χ0) is 15.8. The minimum atomic E-state index is 0.319. The van der Waals surface area contributed by atoms with Crippen LogP contribution in [-0.4, -0.2) is 29.4 Å². The van der Waals surface area contributed by atoms with Gasteiger partial charge in [-0.25, -0.2) is 0 Å². The molecule has 3 heterocycles. The van der Waals surface area contributed by atoms with Crippen LogP contribution in [0.4, 0.5) is 0 Å². The maximum absolute atomic E-state index is 6.13. The average molecular weight is 310 g/mol. The van der Waals surface area contributed by atoms with Gasteiger partial charge in [-0.2, -0.15) is 0 Å². The van der Waals surface area contributed by atoms with Gasteiger partial charge in [0, 0.05) is 43.5 Å². The number of piperidine rings is 1. The van der Waals surface area contributed by atoms with Gasteiger partial charge in [0.05, 0.1) is 6.10 Å². The van der Waals surface area contributed by atoms with E-state index in [2.05, 4.69) is 66.5 Å². The maximum atomic E-state index is 6.13. The summed E-state index contributed by atoms with van der Waals surface area (Å²) in [6.07, 6.45) is 6.17. The van der Waals surface area contributed by atoms with Crippen molar-refractivity contribution in [2.45, 2.75) is 50.3 Å². The van der Waals surface area contributed by atoms with E-state index in [1.165, 1.54) is 36.1 Å². The Morgan fingerprint density at radius 3 is 2.70 bits per heavy atom. The van der Waals surface area contributed by atoms with Crippen molar-refractivity contribution >= 4 is 0 Å². The lowest BCUT2D eigenvalue weighted by atomic mass is 9.83. The highest BCUT2D eigenvalue weighted by molar-refractivity contribution is 5.60. The smallest absolute Gasteiger partial charge is 0.0796 e. The molecule has 23 heavy (non-hydrogen) atoms. The van der Waals surface area contributed by atoms with Crippen LogP contribution in [0.5, 0.6) is 0 Å². The Labute approximate surface area is 138 Å². The first-order chi connectivity index (χ1) is 11.3. The lowest BCUT2D eigenvalue weighted by Crippen LogP contribution is -2.49. The lowest BCUT2D eigenvalue weighted by molar-refractivity contribution is 0.00411. The molecule has 2 saturated heterocycles. The number of hydrogen-bond donors (Lipinski definition) is 1. The van der Waals surface area contributed by atoms with Gasteiger partial charge in [-0.15, -0.1) is 0 Å². The van der Waals surface area contributed by atoms with Gasteiger partial charge in [-0.3, -0.25) is 0 Å². The van der Waals surface area contributed by atoms with Crippen molar-refractivity contribution in [3.8, 4) is 11.3 Å². The van der Waals surface area contributed by atoms with Gasteiger partial charge in [0.2, 0.25) is 0 Å². The number of aryl methyl sites for hydroxylation is 1. The summed E-state index contributed by atoms with van der Waals surface area (Å²) in [6, 6.07) is 14.6. The van der Waals surface area contributed by atoms with Crippen LogP contribution in [0.2, 0.25) is 0 Å². The van der Waals surface area contributed by atoms with Crippen molar-refractivity contribution in [2.24, 2.45) is 7.05 Å². The molecule has 2 fully saturated rings. The molecule has 122 valence electrons. The van der Waals surface area contributed by atoms with Gasteiger partial charge >= 0.3 is 0 Å². The molecule has 0 spiro atoms. The molecule has 3 nitrogen and oxygen atoms in total. The van der Waals surface area contributed by atoms with E-state index in [1.54, 1.807) is 0 Å². The second-order valence-electron chi connectivity index (χ2n) is 6.94. The van der Waals surface area contributed by atoms with Crippen molar-refractivity contribution in [2.75, 3.05) is 6.61 Å². The Morgan fingerprint density at radius 1 is 1.17 bits per heavy atom. The molecule has 2 aromatic rings. The monoisotopic (exact) mass is 310 g/mol. The molecular formula is C20H26N2O. The molecule has 0 amide bonds. The van der Waals surface area contributed by atoms with E-state index in [0.717, 1.165) is 6.61 Å². The molecular weight excluding hydrogens is 284 g/mol. The largest absolute Gasteiger partial charge is 0.376 e. The topological polar surface area (TPSA) is 26.2 Å². The van der Waals surface area contributed by atoms with Crippen LogP contribution < -0.4 is 5.32 Å². The van der Waals surface area contributed by atoms with E-state index >= 15 is 0 Å². The van der Waals surface area contributed by atoms with Crippen LogP contribution in [0.3, 0.4) is 0 Å². The van der Waals surface area contributed by atoms with Crippen molar-refractivity contribution in [1.82, 2.24) is 9.88 Å². The van der Waals surface area contributed by atoms with E-state index in [-0.39, 0.29) is 0 Å². The molecule has 4 atom stereocenters. The van der Waals surface area contributed by atoms with E-state index in [9.17, 15) is 0 Å². The summed E-state index contributed by atoms with van der Waals surface area (Å²) in [5, 5.41) is 3.74. The Balaban J connectivity index is 1.60. The average Bonchev–Trinajstić information content (AvgIpc) is 3.17. The highest BCUT2D eigenvalue weighted by atomic mass is 16.5. The number of hydrogen-bond acceptors (Lipinski definition) is 2. The Bertz CT molecular complexity index is 661. The molecule has 4 rings (SSSR count). The molecule has 2 aliphatic rings. The van der Waals surface area contributed by atoms with Gasteiger partial charge in [-0.05, 0) is 49.4 Å². The molecule has 1 aromatic carbocycles. The predicted octanol–water partition coefficient (Wildman–Crippen LogP) is 3.71. The molecule has 3 heteroatoms. The van der Waals surface area contributed by atoms with Crippen LogP contribution in [0, 0.1) is 0 Å². The van der Waals surface area contributed by atoms with Gasteiger partial charge in [0.25, 0.3) is 0 Å². The summed E-state index contributed by atoms with van der Waals surface area (Å²) >= 11 is 0. The zero-order valence-electron chi connectivity index (χ0n) is 14.0. The van der Waals surface area contributed by atoms with Gasteiger partial charge in [0.15, 0.2) is 0 Å². The summed E-state index contributed by atoms with van der Waals surface area (Å²) in [5.74, 6) is 0.524. The minimum Gasteiger partial charge on any atom is -0.376 e. The minimum absolute atomic E-state index is 0.319. The molecule has 0 aliphatic carbocycles. The SMILES string of the molecule is CCOC1C2CCC(CC1c1ccc(-c3cccn3C)cc1)N2. The second kappa shape index (κ2) is 6.14. The number of nitrogens with one attached hydrogen (secondary N) is 1. The maximum Gasteiger partial charge on any atom is 0.0796 e. The summed E-state index contributed by atoms with van der Waals surface area (Å²) in [4.78, 5) is 0. The van der Waals surface area contributed by atoms with Crippen molar-refractivity contribution < 1.29 is 4.74 Å². The number of rotatable bonds is 4. The second-order valence-corrected chi connectivity index (χ2v) is 6.94. The fourth-order valence-corrected chi connectivity index (χ4v) is 4.43. The van der Waals surface area contributed by atoms with Crippen LogP contribution in [0.15, 0.2) is 42.6 Å². The van der Waals surface area contributed by atoms with E-state index in [1.807, 2.05) is 0 Å². The first kappa shape index (κ1) is 15.0. The molecule has 1 N–H and O–H groups in total. The number of ether oxygens (including phenoxy) is 1. The Hall–Kier alpha value is -1.58. The Kier molecular flexibility index (Phi) is 4.00. The predicted molar refractivity (Wildman–Crippen MR) is 93.6 cm³/mol. The molecule has 1 aromatic heterocycles. The highest BCUT2D eigenvalue weighted by Crippen LogP contribution is 2.39. The van der Waals surface area contributed by atoms with Crippen molar-refractivity contribution in [3.05, 3.63) is 48.2 Å². The fourth-order valence-electron chi connectivity index (χ4n) is 4.43. The summed E-state index contributed by atoms with van der Waals surface area (Å²) in [6.45, 7) is 2.90. The van der Waals surface area contributed by atoms with E-state index < -0.39 is 0 Å². The lowest BCUT2D eigenvalue weighted by Gasteiger charge is -2.37. The van der Waals surface area contributed by atoms with E-state index in [0.29, 0.717) is 24.1 Å². The Morgan fingerprint density at radius 2 is 2.00 bits per heavy atom. The molecule has 0 radical (unpaired) electrons. The number of nitrogens with zero attached hydrogens (tertiary/aromatic N) is 1. The number of aromatic nitrogens is 1. The van der Waals surface area contributed by atoms with Gasteiger partial charge in [-0.1, -0.05) is 24.3 Å². The van der Waals surface area contributed by atoms with Gasteiger partial charge in [0.1, 0.15) is 0 Å². The third-order valence-corrected chi connectivity index (χ3v) is 5.54. The van der Waals surface area contributed by atoms with Crippen LogP contribution in [0.25, 0.3) is 11.3 Å². The van der Waals surface area contributed by atoms with Crippen molar-refractivity contribution in [1.29, 1.82) is 0 Å². The first-order valence-electron chi connectivity index (χ1n) is 8.85. The zero-order valence-corrected chi connectivity index (χ0v) is 14.0. The number of benzene rings is 1. The third-order valence-electron chi connectivity index (χ3n) is 5.54. The normalized spacial score (nSPS) is 29.8. The highest BCUT2D eigenvalue weighted by Gasteiger charge is 2.42. The summed E-state index contributed by atoms with van der Waals surface area (Å²) < 4.78 is 8.30. The standard InChI is InChI=1S/C20H26N2O/c1-3-23-20-17(13-16-10-11-18(20)21-16)14-6-8-15(9-7-14)19-5-4-12-22(19)2/h4-9,12,16-18,20-21H,3,10-11,13H2,1-2H3. The van der Waals surface area contributed by atoms with Crippen LogP contribution >= 0.6 is 0 Å². The third kappa shape index (κ3) is 2.73. The molecule has 4 unspecified atom stereocenters. The summed E-state index contributed by atoms with van der Waals surface area (Å²) in [7, 11) is 2.10. The van der Waals surface area contributed by atoms with Crippen molar-refractivity contribution in [3.63, 3.8) is 0 Å². The van der Waals surface area contributed by atoms with E-state index in [4.69, 9.17) is 4.74 Å². The fraction of sp³-hybridized carbons (Fsp3) is 0.500. The van der Waals surface area contributed by atoms with Crippen LogP contribution in [0.1, 0.15) is 37.7 Å². The molecule has 2 aliphatic heterocycles. The number of fused-ring (bicyclic) bond motifs is 2.